The van der Waals surface area contributed by atoms with Crippen LogP contribution >= 0.6 is 0 Å². The third kappa shape index (κ3) is 7.04. The van der Waals surface area contributed by atoms with Crippen LogP contribution in [0.15, 0.2) is 12.7 Å². The lowest BCUT2D eigenvalue weighted by Crippen LogP contribution is -2.40. The SMILES string of the molecule is C=CC(C)C(C)CC(C)CC(C#N)(CC(C)C(C)CCC)C(F)(F)F. The number of allylic oxidation sites excluding steroid dienone is 1. The van der Waals surface area contributed by atoms with Crippen molar-refractivity contribution in [3.63, 3.8) is 0 Å². The Morgan fingerprint density at radius 3 is 1.96 bits per heavy atom. The number of nitriles is 1. The molecule has 0 aromatic rings. The highest BCUT2D eigenvalue weighted by atomic mass is 19.4. The van der Waals surface area contributed by atoms with E-state index in [1.807, 2.05) is 47.6 Å². The van der Waals surface area contributed by atoms with Crippen LogP contribution in [0.25, 0.3) is 0 Å². The Morgan fingerprint density at radius 1 is 1.00 bits per heavy atom. The van der Waals surface area contributed by atoms with E-state index < -0.39 is 11.6 Å². The highest BCUT2D eigenvalue weighted by molar-refractivity contribution is 5.06. The summed E-state index contributed by atoms with van der Waals surface area (Å²) in [6.45, 7) is 15.5. The number of halogens is 3. The molecule has 0 fully saturated rings. The molecule has 0 aliphatic rings. The van der Waals surface area contributed by atoms with Crippen molar-refractivity contribution in [2.24, 2.45) is 35.0 Å². The highest BCUT2D eigenvalue weighted by Gasteiger charge is 2.56. The van der Waals surface area contributed by atoms with E-state index in [9.17, 15) is 18.4 Å². The van der Waals surface area contributed by atoms with Crippen LogP contribution in [0.5, 0.6) is 0 Å². The Bertz CT molecular complexity index is 437. The van der Waals surface area contributed by atoms with Crippen molar-refractivity contribution in [3.05, 3.63) is 12.7 Å². The van der Waals surface area contributed by atoms with Crippen molar-refractivity contribution in [3.8, 4) is 6.07 Å². The maximum Gasteiger partial charge on any atom is 0.407 e. The van der Waals surface area contributed by atoms with E-state index in [4.69, 9.17) is 0 Å². The van der Waals surface area contributed by atoms with Crippen LogP contribution < -0.4 is 0 Å². The van der Waals surface area contributed by atoms with Gasteiger partial charge in [0.05, 0.1) is 6.07 Å². The van der Waals surface area contributed by atoms with E-state index in [2.05, 4.69) is 6.58 Å². The largest absolute Gasteiger partial charge is 0.407 e. The fraction of sp³-hybridized carbons (Fsp3) is 0.857. The molecule has 0 N–H and O–H groups in total. The molecule has 25 heavy (non-hydrogen) atoms. The van der Waals surface area contributed by atoms with E-state index in [0.29, 0.717) is 6.42 Å². The molecule has 6 unspecified atom stereocenters. The van der Waals surface area contributed by atoms with E-state index in [0.717, 1.165) is 12.8 Å². The summed E-state index contributed by atoms with van der Waals surface area (Å²) in [6.07, 6.45) is -0.370. The summed E-state index contributed by atoms with van der Waals surface area (Å²) >= 11 is 0. The lowest BCUT2D eigenvalue weighted by atomic mass is 9.70. The lowest BCUT2D eigenvalue weighted by molar-refractivity contribution is -0.215. The second kappa shape index (κ2) is 10.2. The summed E-state index contributed by atoms with van der Waals surface area (Å²) in [4.78, 5) is 0. The summed E-state index contributed by atoms with van der Waals surface area (Å²) in [5, 5.41) is 9.52. The predicted molar refractivity (Wildman–Crippen MR) is 98.9 cm³/mol. The highest BCUT2D eigenvalue weighted by Crippen LogP contribution is 2.49. The van der Waals surface area contributed by atoms with Crippen molar-refractivity contribution < 1.29 is 13.2 Å². The van der Waals surface area contributed by atoms with Crippen molar-refractivity contribution in [2.45, 2.75) is 79.8 Å². The number of hydrogen-bond acceptors (Lipinski definition) is 1. The maximum absolute atomic E-state index is 13.9. The molecule has 146 valence electrons. The summed E-state index contributed by atoms with van der Waals surface area (Å²) in [5.41, 5.74) is -2.25. The van der Waals surface area contributed by atoms with E-state index in [1.165, 1.54) is 0 Å². The van der Waals surface area contributed by atoms with E-state index >= 15 is 0 Å². The van der Waals surface area contributed by atoms with E-state index in [-0.39, 0.29) is 42.4 Å². The van der Waals surface area contributed by atoms with Crippen LogP contribution in [-0.4, -0.2) is 6.18 Å². The monoisotopic (exact) mass is 359 g/mol. The molecule has 0 heterocycles. The van der Waals surface area contributed by atoms with Gasteiger partial charge in [0.15, 0.2) is 5.41 Å². The topological polar surface area (TPSA) is 23.8 Å². The summed E-state index contributed by atoms with van der Waals surface area (Å²) < 4.78 is 41.6. The van der Waals surface area contributed by atoms with Gasteiger partial charge in [0.25, 0.3) is 0 Å². The predicted octanol–water partition coefficient (Wildman–Crippen LogP) is 7.40. The van der Waals surface area contributed by atoms with Crippen LogP contribution in [-0.2, 0) is 0 Å². The van der Waals surface area contributed by atoms with Gasteiger partial charge in [0, 0.05) is 0 Å². The lowest BCUT2D eigenvalue weighted by Gasteiger charge is -2.36. The van der Waals surface area contributed by atoms with Crippen molar-refractivity contribution >= 4 is 0 Å². The average Bonchev–Trinajstić information content (AvgIpc) is 2.51. The van der Waals surface area contributed by atoms with Gasteiger partial charge in [-0.2, -0.15) is 18.4 Å². The van der Waals surface area contributed by atoms with Crippen LogP contribution in [0.2, 0.25) is 0 Å². The molecular formula is C21H36F3N. The first-order valence-electron chi connectivity index (χ1n) is 9.54. The zero-order chi connectivity index (χ0) is 19.8. The molecule has 0 aliphatic heterocycles. The molecule has 0 saturated carbocycles. The van der Waals surface area contributed by atoms with Crippen LogP contribution in [0.4, 0.5) is 13.2 Å². The standard InChI is InChI=1S/C21H36F3N/c1-8-10-17(5)19(7)13-20(14-25,21(22,23)24)12-15(3)11-18(6)16(4)9-2/h9,15-19H,2,8,10-13H2,1,3-7H3. The Hall–Kier alpha value is -0.980. The van der Waals surface area contributed by atoms with Gasteiger partial charge in [-0.05, 0) is 48.9 Å². The number of rotatable bonds is 11. The van der Waals surface area contributed by atoms with Gasteiger partial charge in [0.2, 0.25) is 0 Å². The van der Waals surface area contributed by atoms with Gasteiger partial charge in [-0.25, -0.2) is 0 Å². The van der Waals surface area contributed by atoms with Gasteiger partial charge in [-0.15, -0.1) is 6.58 Å². The summed E-state index contributed by atoms with van der Waals surface area (Å²) in [6, 6.07) is 1.69. The fourth-order valence-corrected chi connectivity index (χ4v) is 3.72. The Labute approximate surface area is 152 Å². The fourth-order valence-electron chi connectivity index (χ4n) is 3.72. The van der Waals surface area contributed by atoms with Crippen molar-refractivity contribution in [2.75, 3.05) is 0 Å². The van der Waals surface area contributed by atoms with Gasteiger partial charge in [0.1, 0.15) is 0 Å². The molecule has 0 aromatic carbocycles. The maximum atomic E-state index is 13.9. The zero-order valence-electron chi connectivity index (χ0n) is 16.8. The average molecular weight is 360 g/mol. The quantitative estimate of drug-likeness (QED) is 0.353. The third-order valence-corrected chi connectivity index (χ3v) is 5.88. The van der Waals surface area contributed by atoms with Crippen LogP contribution in [0, 0.1) is 46.3 Å². The minimum atomic E-state index is -4.50. The number of alkyl halides is 3. The molecule has 0 bridgehead atoms. The number of hydrogen-bond donors (Lipinski definition) is 0. The van der Waals surface area contributed by atoms with Crippen LogP contribution in [0.3, 0.4) is 0 Å². The third-order valence-electron chi connectivity index (χ3n) is 5.88. The van der Waals surface area contributed by atoms with Gasteiger partial charge in [-0.1, -0.05) is 60.5 Å². The molecule has 0 amide bonds. The minimum absolute atomic E-state index is 0.107. The van der Waals surface area contributed by atoms with Crippen molar-refractivity contribution in [1.29, 1.82) is 5.26 Å². The molecule has 0 radical (unpaired) electrons. The van der Waals surface area contributed by atoms with Gasteiger partial charge >= 0.3 is 6.18 Å². The zero-order valence-corrected chi connectivity index (χ0v) is 16.8. The van der Waals surface area contributed by atoms with Gasteiger partial charge < -0.3 is 0 Å². The van der Waals surface area contributed by atoms with Crippen LogP contribution in [0.1, 0.15) is 73.6 Å². The first-order valence-corrected chi connectivity index (χ1v) is 9.54. The number of nitrogens with zero attached hydrogens (tertiary/aromatic N) is 1. The second-order valence-corrected chi connectivity index (χ2v) is 8.26. The Morgan fingerprint density at radius 2 is 1.56 bits per heavy atom. The molecule has 1 nitrogen and oxygen atoms in total. The molecule has 0 aromatic heterocycles. The molecule has 0 rings (SSSR count). The normalized spacial score (nSPS) is 20.6. The molecule has 0 aliphatic carbocycles. The molecule has 4 heteroatoms. The molecule has 0 saturated heterocycles. The summed E-state index contributed by atoms with van der Waals surface area (Å²) in [5.74, 6) is 0.419. The van der Waals surface area contributed by atoms with Crippen molar-refractivity contribution in [1.82, 2.24) is 0 Å². The molecule has 6 atom stereocenters. The van der Waals surface area contributed by atoms with E-state index in [1.54, 1.807) is 6.07 Å². The first kappa shape index (κ1) is 24.0. The second-order valence-electron chi connectivity index (χ2n) is 8.26. The Kier molecular flexibility index (Phi) is 9.84. The molecular weight excluding hydrogens is 323 g/mol. The summed E-state index contributed by atoms with van der Waals surface area (Å²) in [7, 11) is 0. The molecule has 0 spiro atoms. The Balaban J connectivity index is 5.30. The smallest absolute Gasteiger partial charge is 0.197 e. The van der Waals surface area contributed by atoms with Gasteiger partial charge in [-0.3, -0.25) is 0 Å². The minimum Gasteiger partial charge on any atom is -0.197 e. The first-order chi connectivity index (χ1) is 11.4.